The Morgan fingerprint density at radius 3 is 1.13 bits per heavy atom. The molecule has 0 saturated carbocycles. The molecule has 13 aromatic carbocycles. The van der Waals surface area contributed by atoms with Gasteiger partial charge >= 0.3 is 0 Å². The molecule has 0 spiro atoms. The van der Waals surface area contributed by atoms with Crippen molar-refractivity contribution < 1.29 is 26.7 Å². The van der Waals surface area contributed by atoms with Crippen LogP contribution in [0.4, 0.5) is 34.1 Å². The number of para-hydroxylation sites is 7. The highest BCUT2D eigenvalue weighted by Gasteiger charge is 2.46. The average molecular weight is 1350 g/mol. The van der Waals surface area contributed by atoms with Crippen molar-refractivity contribution in [1.29, 1.82) is 0 Å². The molecule has 3 aliphatic heterocycles. The van der Waals surface area contributed by atoms with Gasteiger partial charge in [-0.3, -0.25) is 0 Å². The third-order valence-electron chi connectivity index (χ3n) is 21.6. The van der Waals surface area contributed by atoms with Gasteiger partial charge in [-0.25, -0.2) is 0 Å². The van der Waals surface area contributed by atoms with Gasteiger partial charge in [-0.15, -0.1) is 0 Å². The fraction of sp³-hybridized carbons (Fsp3) is 0.196. The van der Waals surface area contributed by atoms with Crippen LogP contribution in [0.3, 0.4) is 0 Å². The largest absolute Gasteiger partial charge is 0.457 e. The minimum Gasteiger partial charge on any atom is -0.457 e. The van der Waals surface area contributed by atoms with E-state index < -0.39 is 109 Å². The number of benzene rings is 13. The van der Waals surface area contributed by atoms with Crippen molar-refractivity contribution in [1.82, 2.24) is 9.13 Å². The van der Waals surface area contributed by atoms with Crippen LogP contribution in [0.25, 0.3) is 88.4 Å². The standard InChI is InChI=1S/C97H87BN4O/c1-93(2,3)64-49-62(50-65(56-64)94(4,5)6)70-29-15-22-36-80(70)101-86-58-68(99-82-38-24-17-31-72(82)73-32-18-25-39-83(73)99)44-46-78(86)98-79-47-45-69(100-84-40-26-19-33-74(84)75-34-20-27-41-85(75)100)59-87(79)102(81-37-23-16-30-71(81)63-51-66(95(7,8)9)57-67(52-63)96(10,11)12)89-55-61(54-88(101)92(89)98)60-43-48-91-77(53-60)97(13,14)76-35-21-28-42-90(76)103-91/h15-59H,1-14H3/i17D,18D,19D,20D,24D,25D,26D,27D,31D,32D,33D,34D,38D,39D,40D,41D. The quantitative estimate of drug-likeness (QED) is 0.149. The second-order valence-corrected chi connectivity index (χ2v) is 32.7. The van der Waals surface area contributed by atoms with E-state index in [1.165, 1.54) is 0 Å². The lowest BCUT2D eigenvalue weighted by Crippen LogP contribution is -2.61. The van der Waals surface area contributed by atoms with Gasteiger partial charge in [0.05, 0.1) is 55.4 Å². The van der Waals surface area contributed by atoms with Gasteiger partial charge in [-0.2, -0.15) is 0 Å². The maximum absolute atomic E-state index is 9.85. The Kier molecular flexibility index (Phi) is 10.9. The van der Waals surface area contributed by atoms with Gasteiger partial charge in [-0.1, -0.05) is 279 Å². The molecule has 3 aliphatic rings. The molecular weight excluding hydrogens is 1250 g/mol. The highest BCUT2D eigenvalue weighted by atomic mass is 16.5. The minimum absolute atomic E-state index is 0.0476. The number of aromatic nitrogens is 2. The molecule has 0 fully saturated rings. The van der Waals surface area contributed by atoms with Gasteiger partial charge in [0.2, 0.25) is 0 Å². The monoisotopic (exact) mass is 1350 g/mol. The lowest BCUT2D eigenvalue weighted by molar-refractivity contribution is 0.418. The summed E-state index contributed by atoms with van der Waals surface area (Å²) in [6.07, 6.45) is 0. The molecule has 15 aromatic rings. The summed E-state index contributed by atoms with van der Waals surface area (Å²) in [6.45, 7) is 30.3. The van der Waals surface area contributed by atoms with Crippen LogP contribution >= 0.6 is 0 Å². The molecule has 0 bridgehead atoms. The first-order valence-electron chi connectivity index (χ1n) is 43.5. The molecule has 0 N–H and O–H groups in total. The molecule has 0 amide bonds. The Hall–Kier alpha value is -11.1. The van der Waals surface area contributed by atoms with Crippen molar-refractivity contribution >= 4 is 101 Å². The summed E-state index contributed by atoms with van der Waals surface area (Å²) < 4.78 is 161. The molecule has 0 unspecified atom stereocenters. The van der Waals surface area contributed by atoms with Crippen molar-refractivity contribution in [2.24, 2.45) is 0 Å². The highest BCUT2D eigenvalue weighted by molar-refractivity contribution is 7.00. The normalized spacial score (nSPS) is 16.2. The number of anilines is 6. The van der Waals surface area contributed by atoms with Gasteiger partial charge in [0.15, 0.2) is 0 Å². The smallest absolute Gasteiger partial charge is 0.252 e. The van der Waals surface area contributed by atoms with Crippen LogP contribution in [0, 0.1) is 0 Å². The molecule has 0 atom stereocenters. The van der Waals surface area contributed by atoms with Crippen LogP contribution < -0.4 is 30.9 Å². The summed E-state index contributed by atoms with van der Waals surface area (Å²) in [5, 5.41) is -0.279. The highest BCUT2D eigenvalue weighted by Crippen LogP contribution is 2.54. The van der Waals surface area contributed by atoms with Gasteiger partial charge in [-0.05, 0) is 173 Å². The first-order chi connectivity index (χ1) is 56.0. The Morgan fingerprint density at radius 1 is 0.330 bits per heavy atom. The van der Waals surface area contributed by atoms with Crippen LogP contribution in [0.15, 0.2) is 273 Å². The van der Waals surface area contributed by atoms with Crippen molar-refractivity contribution in [3.05, 3.63) is 306 Å². The second kappa shape index (κ2) is 23.0. The Morgan fingerprint density at radius 2 is 0.709 bits per heavy atom. The number of ether oxygens (including phenoxy) is 1. The zero-order valence-electron chi connectivity index (χ0n) is 76.5. The van der Waals surface area contributed by atoms with Crippen LogP contribution in [0.5, 0.6) is 11.5 Å². The first kappa shape index (κ1) is 48.7. The van der Waals surface area contributed by atoms with Crippen LogP contribution in [0.1, 0.15) is 152 Å². The fourth-order valence-electron chi connectivity index (χ4n) is 16.0. The fourth-order valence-corrected chi connectivity index (χ4v) is 16.0. The lowest BCUT2D eigenvalue weighted by atomic mass is 9.33. The van der Waals surface area contributed by atoms with E-state index in [1.807, 2.05) is 84.9 Å². The summed E-state index contributed by atoms with van der Waals surface area (Å²) >= 11 is 0. The predicted octanol–water partition coefficient (Wildman–Crippen LogP) is 24.6. The van der Waals surface area contributed by atoms with E-state index >= 15 is 0 Å². The Balaban J connectivity index is 1.04. The second-order valence-electron chi connectivity index (χ2n) is 32.7. The molecule has 2 aromatic heterocycles. The molecule has 6 heteroatoms. The topological polar surface area (TPSA) is 25.6 Å². The van der Waals surface area contributed by atoms with Crippen LogP contribution in [-0.2, 0) is 27.1 Å². The van der Waals surface area contributed by atoms with Gasteiger partial charge in [0, 0.05) is 83.3 Å². The SMILES string of the molecule is [2H]c1c([2H])c([2H])c2c(c1[2H])c1c([2H])c([2H])c([2H])c([2H])c1n2-c1ccc2c(c1)N(c1ccccc1-c1cc(C(C)(C)C)cc(C(C)(C)C)c1)c1cc(-c3ccc4c(c3)C(C)(C)c3ccccc3O4)cc3c1B2c1ccc(-n2c4c([2H])c([2H])c([2H])c([2H])c4c4c([2H])c([2H])c([2H])c([2H])c42)cc1N3c1ccccc1-c1cc(C(C)(C)C)cc(C(C)(C)C)c1. The summed E-state index contributed by atoms with van der Waals surface area (Å²) in [4.78, 5) is 4.58. The molecule has 103 heavy (non-hydrogen) atoms. The van der Waals surface area contributed by atoms with Crippen molar-refractivity contribution in [2.45, 2.75) is 124 Å². The number of nitrogens with zero attached hydrogens (tertiary/aromatic N) is 4. The average Bonchev–Trinajstić information content (AvgIpc) is 1.69. The number of hydrogen-bond donors (Lipinski definition) is 0. The maximum Gasteiger partial charge on any atom is 0.252 e. The van der Waals surface area contributed by atoms with E-state index in [2.05, 4.69) is 198 Å². The first-order valence-corrected chi connectivity index (χ1v) is 35.5. The van der Waals surface area contributed by atoms with Gasteiger partial charge < -0.3 is 23.7 Å². The van der Waals surface area contributed by atoms with Crippen molar-refractivity contribution in [2.75, 3.05) is 9.80 Å². The summed E-state index contributed by atoms with van der Waals surface area (Å²) in [5.41, 5.74) is 16.7. The summed E-state index contributed by atoms with van der Waals surface area (Å²) in [6, 6.07) is 52.8. The number of fused-ring (bicyclic) bond motifs is 12. The third-order valence-corrected chi connectivity index (χ3v) is 21.6. The third kappa shape index (κ3) is 10.2. The molecule has 5 nitrogen and oxygen atoms in total. The molecule has 0 aliphatic carbocycles. The van der Waals surface area contributed by atoms with E-state index in [9.17, 15) is 16.4 Å². The molecule has 504 valence electrons. The number of hydrogen-bond acceptors (Lipinski definition) is 3. The molecular formula is C97H87BN4O. The van der Waals surface area contributed by atoms with Gasteiger partial charge in [0.25, 0.3) is 6.71 Å². The Labute approximate surface area is 629 Å². The molecule has 0 saturated heterocycles. The van der Waals surface area contributed by atoms with Crippen molar-refractivity contribution in [3.63, 3.8) is 0 Å². The summed E-state index contributed by atoms with van der Waals surface area (Å²) in [5.74, 6) is 1.46. The van der Waals surface area contributed by atoms with E-state index in [0.717, 1.165) is 112 Å². The zero-order valence-corrected chi connectivity index (χ0v) is 60.5. The van der Waals surface area contributed by atoms with Gasteiger partial charge in [0.1, 0.15) is 11.5 Å². The maximum atomic E-state index is 9.85. The lowest BCUT2D eigenvalue weighted by Gasteiger charge is -2.45. The van der Waals surface area contributed by atoms with E-state index in [-0.39, 0.29) is 65.3 Å². The molecule has 0 radical (unpaired) electrons. The van der Waals surface area contributed by atoms with E-state index in [4.69, 9.17) is 10.2 Å². The molecule has 5 heterocycles. The Bertz CT molecular complexity index is 6460. The zero-order chi connectivity index (χ0) is 84.9. The van der Waals surface area contributed by atoms with E-state index in [1.54, 1.807) is 9.13 Å². The summed E-state index contributed by atoms with van der Waals surface area (Å²) in [7, 11) is 0. The van der Waals surface area contributed by atoms with Crippen LogP contribution in [-0.4, -0.2) is 15.8 Å². The number of rotatable bonds is 7. The van der Waals surface area contributed by atoms with Crippen molar-refractivity contribution in [3.8, 4) is 56.3 Å². The predicted molar refractivity (Wildman–Crippen MR) is 439 cm³/mol. The molecule has 18 rings (SSSR count). The van der Waals surface area contributed by atoms with Crippen LogP contribution in [0.2, 0.25) is 0 Å². The minimum atomic E-state index is -0.754. The van der Waals surface area contributed by atoms with E-state index in [0.29, 0.717) is 28.5 Å².